The van der Waals surface area contributed by atoms with Crippen molar-refractivity contribution in [3.8, 4) is 0 Å². The fourth-order valence-corrected chi connectivity index (χ4v) is 11.2. The monoisotopic (exact) mass is 632 g/mol. The van der Waals surface area contributed by atoms with Crippen LogP contribution in [0.1, 0.15) is 125 Å². The molecule has 5 unspecified atom stereocenters. The summed E-state index contributed by atoms with van der Waals surface area (Å²) in [5, 5.41) is 22.8. The molecule has 10 atom stereocenters. The first-order valence-corrected chi connectivity index (χ1v) is 19.5. The fourth-order valence-electron chi connectivity index (χ4n) is 11.2. The van der Waals surface area contributed by atoms with Gasteiger partial charge in [-0.25, -0.2) is 0 Å². The number of nitrogens with two attached hydrogens (primary N) is 1. The summed E-state index contributed by atoms with van der Waals surface area (Å²) in [7, 11) is 0. The summed E-state index contributed by atoms with van der Waals surface area (Å²) < 4.78 is 0. The van der Waals surface area contributed by atoms with Crippen LogP contribution in [0.2, 0.25) is 0 Å². The molecule has 0 aromatic carbocycles. The molecule has 4 rings (SSSR count). The molecule has 0 bridgehead atoms. The summed E-state index contributed by atoms with van der Waals surface area (Å²) in [6, 6.07) is 0.607. The number of unbranched alkanes of at least 4 members (excludes halogenated alkanes) is 1. The molecule has 45 heavy (non-hydrogen) atoms. The van der Waals surface area contributed by atoms with Gasteiger partial charge in [-0.2, -0.15) is 0 Å². The lowest BCUT2D eigenvalue weighted by molar-refractivity contribution is -0.167. The van der Waals surface area contributed by atoms with E-state index < -0.39 is 0 Å². The van der Waals surface area contributed by atoms with E-state index >= 15 is 0 Å². The maximum absolute atomic E-state index is 12.8. The SMILES string of the molecule is CCN(CC)C(=O)CC[C@@H](C)C1CCC2C3C(CC[C@@]21C)[C@@]1(C)CC[C@H](NCCCNCCCCNCCCN)CC1C[C@H]3O. The van der Waals surface area contributed by atoms with Gasteiger partial charge in [0.15, 0.2) is 0 Å². The molecule has 4 aliphatic rings. The molecule has 0 saturated heterocycles. The van der Waals surface area contributed by atoms with Gasteiger partial charge in [-0.1, -0.05) is 20.8 Å². The predicted molar refractivity (Wildman–Crippen MR) is 188 cm³/mol. The first-order valence-electron chi connectivity index (χ1n) is 19.5. The predicted octanol–water partition coefficient (Wildman–Crippen LogP) is 5.56. The van der Waals surface area contributed by atoms with Gasteiger partial charge < -0.3 is 31.7 Å². The maximum atomic E-state index is 12.8. The van der Waals surface area contributed by atoms with Crippen LogP contribution in [0.15, 0.2) is 0 Å². The Morgan fingerprint density at radius 1 is 0.867 bits per heavy atom. The summed E-state index contributed by atoms with van der Waals surface area (Å²) in [5.41, 5.74) is 6.24. The fraction of sp³-hybridized carbons (Fsp3) is 0.974. The van der Waals surface area contributed by atoms with Crippen molar-refractivity contribution in [1.29, 1.82) is 0 Å². The molecular weight excluding hydrogens is 558 g/mol. The number of hydrogen-bond acceptors (Lipinski definition) is 6. The van der Waals surface area contributed by atoms with Crippen molar-refractivity contribution in [1.82, 2.24) is 20.9 Å². The zero-order valence-electron chi connectivity index (χ0n) is 30.1. The average Bonchev–Trinajstić information content (AvgIpc) is 3.38. The lowest BCUT2D eigenvalue weighted by Crippen LogP contribution is -2.59. The Hall–Kier alpha value is -0.730. The highest BCUT2D eigenvalue weighted by Crippen LogP contribution is 2.68. The van der Waals surface area contributed by atoms with Crippen LogP contribution in [0.5, 0.6) is 0 Å². The molecule has 4 saturated carbocycles. The topological polar surface area (TPSA) is 103 Å². The minimum atomic E-state index is -0.144. The number of carbonyl (C=O) groups is 1. The number of fused-ring (bicyclic) bond motifs is 5. The zero-order valence-corrected chi connectivity index (χ0v) is 30.1. The van der Waals surface area contributed by atoms with Crippen LogP contribution in [-0.4, -0.2) is 80.4 Å². The lowest BCUT2D eigenvalue weighted by Gasteiger charge is -2.62. The molecule has 0 aromatic rings. The Balaban J connectivity index is 1.21. The first-order chi connectivity index (χ1) is 21.7. The highest BCUT2D eigenvalue weighted by atomic mass is 16.3. The second-order valence-corrected chi connectivity index (χ2v) is 16.2. The third-order valence-electron chi connectivity index (χ3n) is 13.9. The molecular formula is C38H73N5O2. The number of nitrogens with one attached hydrogen (secondary N) is 3. The minimum absolute atomic E-state index is 0.144. The Kier molecular flexibility index (Phi) is 14.5. The van der Waals surface area contributed by atoms with Crippen molar-refractivity contribution in [3.63, 3.8) is 0 Å². The Morgan fingerprint density at radius 2 is 1.51 bits per heavy atom. The summed E-state index contributed by atoms with van der Waals surface area (Å²) in [5.74, 6) is 4.01. The van der Waals surface area contributed by atoms with Gasteiger partial charge in [0.25, 0.3) is 0 Å². The van der Waals surface area contributed by atoms with Crippen molar-refractivity contribution in [2.24, 2.45) is 52.1 Å². The molecule has 262 valence electrons. The number of amides is 1. The number of carbonyl (C=O) groups excluding carboxylic acids is 1. The Morgan fingerprint density at radius 3 is 2.20 bits per heavy atom. The molecule has 4 aliphatic carbocycles. The van der Waals surface area contributed by atoms with E-state index in [9.17, 15) is 9.90 Å². The van der Waals surface area contributed by atoms with E-state index in [0.717, 1.165) is 71.6 Å². The quantitative estimate of drug-likeness (QED) is 0.120. The zero-order chi connectivity index (χ0) is 32.5. The molecule has 7 nitrogen and oxygen atoms in total. The Labute approximate surface area is 277 Å². The highest BCUT2D eigenvalue weighted by Gasteiger charge is 2.62. The number of aliphatic hydroxyl groups excluding tert-OH is 1. The minimum Gasteiger partial charge on any atom is -0.393 e. The van der Waals surface area contributed by atoms with Gasteiger partial charge in [-0.3, -0.25) is 4.79 Å². The van der Waals surface area contributed by atoms with Gasteiger partial charge >= 0.3 is 0 Å². The van der Waals surface area contributed by atoms with Crippen LogP contribution in [0.4, 0.5) is 0 Å². The number of nitrogens with zero attached hydrogens (tertiary/aromatic N) is 1. The van der Waals surface area contributed by atoms with E-state index in [4.69, 9.17) is 5.73 Å². The van der Waals surface area contributed by atoms with E-state index in [2.05, 4.69) is 50.6 Å². The van der Waals surface area contributed by atoms with E-state index in [1.807, 2.05) is 4.90 Å². The van der Waals surface area contributed by atoms with Gasteiger partial charge in [0, 0.05) is 25.6 Å². The van der Waals surface area contributed by atoms with Crippen molar-refractivity contribution in [2.75, 3.05) is 52.4 Å². The number of hydrogen-bond donors (Lipinski definition) is 5. The van der Waals surface area contributed by atoms with Crippen LogP contribution in [0.3, 0.4) is 0 Å². The van der Waals surface area contributed by atoms with Crippen LogP contribution < -0.4 is 21.7 Å². The van der Waals surface area contributed by atoms with Crippen LogP contribution in [0, 0.1) is 46.3 Å². The molecule has 6 N–H and O–H groups in total. The van der Waals surface area contributed by atoms with E-state index in [0.29, 0.717) is 64.7 Å². The summed E-state index contributed by atoms with van der Waals surface area (Å²) in [6.07, 6.45) is 16.3. The highest BCUT2D eigenvalue weighted by molar-refractivity contribution is 5.76. The van der Waals surface area contributed by atoms with Crippen molar-refractivity contribution in [3.05, 3.63) is 0 Å². The average molecular weight is 632 g/mol. The molecule has 4 fully saturated rings. The van der Waals surface area contributed by atoms with Gasteiger partial charge in [-0.05, 0) is 183 Å². The molecule has 0 aromatic heterocycles. The summed E-state index contributed by atoms with van der Waals surface area (Å²) in [4.78, 5) is 14.7. The van der Waals surface area contributed by atoms with Crippen molar-refractivity contribution < 1.29 is 9.90 Å². The number of rotatable bonds is 19. The van der Waals surface area contributed by atoms with E-state index in [1.54, 1.807) is 0 Å². The van der Waals surface area contributed by atoms with Crippen molar-refractivity contribution in [2.45, 2.75) is 137 Å². The van der Waals surface area contributed by atoms with E-state index in [1.165, 1.54) is 64.2 Å². The number of aliphatic hydroxyl groups is 1. The second kappa shape index (κ2) is 17.6. The van der Waals surface area contributed by atoms with Crippen molar-refractivity contribution >= 4 is 5.91 Å². The lowest BCUT2D eigenvalue weighted by atomic mass is 9.43. The van der Waals surface area contributed by atoms with E-state index in [-0.39, 0.29) is 6.10 Å². The van der Waals surface area contributed by atoms with Crippen LogP contribution >= 0.6 is 0 Å². The molecule has 0 heterocycles. The van der Waals surface area contributed by atoms with Crippen LogP contribution in [0.25, 0.3) is 0 Å². The molecule has 0 radical (unpaired) electrons. The van der Waals surface area contributed by atoms with Gasteiger partial charge in [0.05, 0.1) is 6.10 Å². The standard InChI is InChI=1S/C38H73N5O2/c1-6-43(7-2)35(45)15-12-28(3)31-13-14-32-36-33(17-19-38(31,32)5)37(4)18-16-30(26-29(37)27-34(36)44)42-25-11-24-41-22-9-8-21-40-23-10-20-39/h28-34,36,40-42,44H,6-27,39H2,1-5H3/t28-,29?,30+,31?,32?,33?,34-,36?,37+,38-/m1/s1. The molecule has 0 spiro atoms. The normalized spacial score (nSPS) is 36.6. The molecule has 0 aliphatic heterocycles. The summed E-state index contributed by atoms with van der Waals surface area (Å²) >= 11 is 0. The van der Waals surface area contributed by atoms with Gasteiger partial charge in [0.2, 0.25) is 5.91 Å². The first kappa shape index (κ1) is 37.1. The molecule has 1 amide bonds. The second-order valence-electron chi connectivity index (χ2n) is 16.2. The molecule has 7 heteroatoms. The summed E-state index contributed by atoms with van der Waals surface area (Å²) in [6.45, 7) is 19.6. The third-order valence-corrected chi connectivity index (χ3v) is 13.9. The maximum Gasteiger partial charge on any atom is 0.222 e. The smallest absolute Gasteiger partial charge is 0.222 e. The van der Waals surface area contributed by atoms with Gasteiger partial charge in [0.1, 0.15) is 0 Å². The van der Waals surface area contributed by atoms with Crippen LogP contribution in [-0.2, 0) is 4.79 Å². The third kappa shape index (κ3) is 8.85. The largest absolute Gasteiger partial charge is 0.393 e. The Bertz CT molecular complexity index is 884. The van der Waals surface area contributed by atoms with Gasteiger partial charge in [-0.15, -0.1) is 0 Å².